The minimum absolute atomic E-state index is 0.0599. The Bertz CT molecular complexity index is 1030. The monoisotopic (exact) mass is 423 g/mol. The summed E-state index contributed by atoms with van der Waals surface area (Å²) in [6, 6.07) is 11.0. The molecule has 2 fully saturated rings. The maximum Gasteiger partial charge on any atom is 0.325 e. The third kappa shape index (κ3) is 3.80. The lowest BCUT2D eigenvalue weighted by molar-refractivity contribution is -0.139. The number of carbonyl (C=O) groups is 3. The van der Waals surface area contributed by atoms with Gasteiger partial charge in [0.1, 0.15) is 17.9 Å². The Hall–Kier alpha value is -3.22. The second-order valence-corrected chi connectivity index (χ2v) is 8.62. The first-order valence-corrected chi connectivity index (χ1v) is 10.5. The fraction of sp³-hybridized carbons (Fsp3) is 0.375. The summed E-state index contributed by atoms with van der Waals surface area (Å²) in [6.45, 7) is 5.90. The fourth-order valence-electron chi connectivity index (χ4n) is 4.66. The largest absolute Gasteiger partial charge is 0.334 e. The van der Waals surface area contributed by atoms with Crippen LogP contribution in [0.1, 0.15) is 48.1 Å². The zero-order valence-corrected chi connectivity index (χ0v) is 17.9. The Kier molecular flexibility index (Phi) is 5.29. The Morgan fingerprint density at radius 2 is 1.77 bits per heavy atom. The van der Waals surface area contributed by atoms with Crippen molar-refractivity contribution in [1.82, 2.24) is 15.1 Å². The smallest absolute Gasteiger partial charge is 0.325 e. The SMILES string of the molecule is Cc1cc(C)cc(C2CCCN2C(=O)CN2C(=O)NC(C)(c3ccc(F)cc3)C2=O)c1. The predicted octanol–water partition coefficient (Wildman–Crippen LogP) is 3.57. The highest BCUT2D eigenvalue weighted by Crippen LogP contribution is 2.34. The molecule has 0 saturated carbocycles. The molecule has 0 radical (unpaired) electrons. The summed E-state index contributed by atoms with van der Waals surface area (Å²) < 4.78 is 13.3. The quantitative estimate of drug-likeness (QED) is 0.765. The zero-order chi connectivity index (χ0) is 22.3. The van der Waals surface area contributed by atoms with Crippen LogP contribution in [0.15, 0.2) is 42.5 Å². The third-order valence-electron chi connectivity index (χ3n) is 6.19. The van der Waals surface area contributed by atoms with Crippen LogP contribution >= 0.6 is 0 Å². The van der Waals surface area contributed by atoms with Gasteiger partial charge in [-0.1, -0.05) is 41.5 Å². The first kappa shape index (κ1) is 21.0. The van der Waals surface area contributed by atoms with Crippen molar-refractivity contribution in [1.29, 1.82) is 0 Å². The second-order valence-electron chi connectivity index (χ2n) is 8.62. The molecule has 2 saturated heterocycles. The van der Waals surface area contributed by atoms with Crippen molar-refractivity contribution in [3.8, 4) is 0 Å². The van der Waals surface area contributed by atoms with Gasteiger partial charge in [0.05, 0.1) is 6.04 Å². The first-order chi connectivity index (χ1) is 14.7. The van der Waals surface area contributed by atoms with Crippen LogP contribution in [0, 0.1) is 19.7 Å². The average molecular weight is 423 g/mol. The standard InChI is InChI=1S/C24H26FN3O3/c1-15-11-16(2)13-17(12-15)20-5-4-10-27(20)21(29)14-28-22(30)24(3,26-23(28)31)18-6-8-19(25)9-7-18/h6-9,11-13,20H,4-5,10,14H2,1-3H3,(H,26,31). The van der Waals surface area contributed by atoms with E-state index in [0.717, 1.165) is 34.4 Å². The Labute approximate surface area is 181 Å². The van der Waals surface area contributed by atoms with Crippen LogP contribution in [0.25, 0.3) is 0 Å². The van der Waals surface area contributed by atoms with Crippen molar-refractivity contribution in [2.24, 2.45) is 0 Å². The maximum absolute atomic E-state index is 13.3. The van der Waals surface area contributed by atoms with E-state index >= 15 is 0 Å². The maximum atomic E-state index is 13.3. The topological polar surface area (TPSA) is 69.7 Å². The minimum atomic E-state index is -1.33. The number of carbonyl (C=O) groups excluding carboxylic acids is 3. The molecule has 2 atom stereocenters. The lowest BCUT2D eigenvalue weighted by atomic mass is 9.92. The molecule has 1 N–H and O–H groups in total. The van der Waals surface area contributed by atoms with Crippen LogP contribution in [0.2, 0.25) is 0 Å². The highest BCUT2D eigenvalue weighted by Gasteiger charge is 2.50. The van der Waals surface area contributed by atoms with Crippen molar-refractivity contribution >= 4 is 17.8 Å². The molecule has 2 heterocycles. The predicted molar refractivity (Wildman–Crippen MR) is 114 cm³/mol. The number of imide groups is 1. The van der Waals surface area contributed by atoms with Crippen LogP contribution in [0.5, 0.6) is 0 Å². The zero-order valence-electron chi connectivity index (χ0n) is 17.9. The molecule has 0 aliphatic carbocycles. The third-order valence-corrected chi connectivity index (χ3v) is 6.19. The van der Waals surface area contributed by atoms with E-state index in [1.165, 1.54) is 24.3 Å². The van der Waals surface area contributed by atoms with Crippen molar-refractivity contribution in [3.05, 3.63) is 70.5 Å². The number of nitrogens with one attached hydrogen (secondary N) is 1. The highest BCUT2D eigenvalue weighted by atomic mass is 19.1. The summed E-state index contributed by atoms with van der Waals surface area (Å²) in [5.41, 5.74) is 2.49. The van der Waals surface area contributed by atoms with E-state index in [-0.39, 0.29) is 18.5 Å². The van der Waals surface area contributed by atoms with E-state index in [4.69, 9.17) is 0 Å². The van der Waals surface area contributed by atoms with Crippen LogP contribution < -0.4 is 5.32 Å². The van der Waals surface area contributed by atoms with Crippen molar-refractivity contribution in [2.75, 3.05) is 13.1 Å². The van der Waals surface area contributed by atoms with Gasteiger partial charge in [0, 0.05) is 6.54 Å². The molecule has 7 heteroatoms. The number of urea groups is 1. The van der Waals surface area contributed by atoms with Crippen molar-refractivity contribution in [3.63, 3.8) is 0 Å². The first-order valence-electron chi connectivity index (χ1n) is 10.5. The number of aryl methyl sites for hydroxylation is 2. The van der Waals surface area contributed by atoms with Gasteiger partial charge in [0.2, 0.25) is 5.91 Å². The van der Waals surface area contributed by atoms with Crippen LogP contribution in [-0.2, 0) is 15.1 Å². The number of benzene rings is 2. The molecule has 2 aromatic rings. The van der Waals surface area contributed by atoms with Gasteiger partial charge < -0.3 is 10.2 Å². The lowest BCUT2D eigenvalue weighted by Gasteiger charge is -2.27. The Morgan fingerprint density at radius 3 is 2.42 bits per heavy atom. The molecule has 162 valence electrons. The van der Waals surface area contributed by atoms with E-state index in [2.05, 4.69) is 23.5 Å². The molecule has 6 nitrogen and oxygen atoms in total. The average Bonchev–Trinajstić information content (AvgIpc) is 3.28. The highest BCUT2D eigenvalue weighted by molar-refractivity contribution is 6.09. The molecular formula is C24H26FN3O3. The van der Waals surface area contributed by atoms with E-state index in [0.29, 0.717) is 12.1 Å². The van der Waals surface area contributed by atoms with Gasteiger partial charge in [-0.3, -0.25) is 14.5 Å². The summed E-state index contributed by atoms with van der Waals surface area (Å²) in [6.07, 6.45) is 1.72. The summed E-state index contributed by atoms with van der Waals surface area (Å²) in [4.78, 5) is 41.5. The summed E-state index contributed by atoms with van der Waals surface area (Å²) >= 11 is 0. The number of amides is 4. The molecule has 31 heavy (non-hydrogen) atoms. The molecule has 2 aromatic carbocycles. The van der Waals surface area contributed by atoms with Crippen LogP contribution in [-0.4, -0.2) is 40.7 Å². The molecule has 0 aromatic heterocycles. The van der Waals surface area contributed by atoms with Gasteiger partial charge >= 0.3 is 6.03 Å². The van der Waals surface area contributed by atoms with E-state index in [9.17, 15) is 18.8 Å². The molecule has 2 aliphatic heterocycles. The molecule has 0 bridgehead atoms. The molecule has 4 rings (SSSR count). The van der Waals surface area contributed by atoms with Gasteiger partial charge in [-0.2, -0.15) is 0 Å². The number of halogens is 1. The minimum Gasteiger partial charge on any atom is -0.334 e. The van der Waals surface area contributed by atoms with Gasteiger partial charge in [0.15, 0.2) is 0 Å². The van der Waals surface area contributed by atoms with E-state index in [1.54, 1.807) is 11.8 Å². The number of nitrogens with zero attached hydrogens (tertiary/aromatic N) is 2. The molecule has 2 aliphatic rings. The summed E-state index contributed by atoms with van der Waals surface area (Å²) in [5, 5.41) is 2.66. The Morgan fingerprint density at radius 1 is 1.13 bits per heavy atom. The normalized spacial score (nSPS) is 23.4. The van der Waals surface area contributed by atoms with Crippen LogP contribution in [0.3, 0.4) is 0 Å². The molecule has 4 amide bonds. The van der Waals surface area contributed by atoms with Gasteiger partial charge in [-0.15, -0.1) is 0 Å². The van der Waals surface area contributed by atoms with Gasteiger partial charge in [0.25, 0.3) is 5.91 Å². The van der Waals surface area contributed by atoms with E-state index in [1.807, 2.05) is 13.8 Å². The number of likely N-dealkylation sites (tertiary alicyclic amines) is 1. The number of rotatable bonds is 4. The Balaban J connectivity index is 1.53. The molecule has 2 unspecified atom stereocenters. The summed E-state index contributed by atoms with van der Waals surface area (Å²) in [5.74, 6) is -1.20. The van der Waals surface area contributed by atoms with E-state index < -0.39 is 23.3 Å². The van der Waals surface area contributed by atoms with Crippen molar-refractivity contribution in [2.45, 2.75) is 45.2 Å². The summed E-state index contributed by atoms with van der Waals surface area (Å²) in [7, 11) is 0. The molecular weight excluding hydrogens is 397 g/mol. The fourth-order valence-corrected chi connectivity index (χ4v) is 4.66. The second kappa shape index (κ2) is 7.80. The lowest BCUT2D eigenvalue weighted by Crippen LogP contribution is -2.44. The van der Waals surface area contributed by atoms with Gasteiger partial charge in [-0.25, -0.2) is 9.18 Å². The van der Waals surface area contributed by atoms with Crippen LogP contribution in [0.4, 0.5) is 9.18 Å². The number of hydrogen-bond acceptors (Lipinski definition) is 3. The number of hydrogen-bond donors (Lipinski definition) is 1. The van der Waals surface area contributed by atoms with Crippen molar-refractivity contribution < 1.29 is 18.8 Å². The van der Waals surface area contributed by atoms with Gasteiger partial charge in [-0.05, 0) is 56.9 Å². The molecule has 0 spiro atoms.